The second kappa shape index (κ2) is 6.55. The SMILES string of the molecule is CCNC(c1cc(Br)cs1)c1cc(C)ccc1OC. The number of thiophene rings is 1. The second-order valence-electron chi connectivity index (χ2n) is 4.40. The number of benzene rings is 1. The van der Waals surface area contributed by atoms with Gasteiger partial charge >= 0.3 is 0 Å². The molecule has 0 spiro atoms. The van der Waals surface area contributed by atoms with E-state index in [0.29, 0.717) is 0 Å². The fourth-order valence-corrected chi connectivity index (χ4v) is 3.66. The summed E-state index contributed by atoms with van der Waals surface area (Å²) in [6.07, 6.45) is 0. The van der Waals surface area contributed by atoms with Crippen molar-refractivity contribution in [1.82, 2.24) is 5.32 Å². The van der Waals surface area contributed by atoms with Gasteiger partial charge in [0.1, 0.15) is 5.75 Å². The van der Waals surface area contributed by atoms with E-state index in [0.717, 1.165) is 16.8 Å². The Balaban J connectivity index is 2.46. The number of nitrogens with one attached hydrogen (secondary N) is 1. The predicted molar refractivity (Wildman–Crippen MR) is 85.3 cm³/mol. The van der Waals surface area contributed by atoms with Gasteiger partial charge in [-0.1, -0.05) is 24.6 Å². The Morgan fingerprint density at radius 1 is 1.37 bits per heavy atom. The normalized spacial score (nSPS) is 12.4. The molecule has 1 heterocycles. The number of rotatable bonds is 5. The fraction of sp³-hybridized carbons (Fsp3) is 0.333. The third kappa shape index (κ3) is 3.38. The van der Waals surface area contributed by atoms with Crippen LogP contribution in [0.5, 0.6) is 5.75 Å². The summed E-state index contributed by atoms with van der Waals surface area (Å²) in [4.78, 5) is 1.29. The quantitative estimate of drug-likeness (QED) is 0.864. The average molecular weight is 340 g/mol. The lowest BCUT2D eigenvalue weighted by atomic mass is 10.0. The van der Waals surface area contributed by atoms with Crippen LogP contribution in [-0.2, 0) is 0 Å². The van der Waals surface area contributed by atoms with Crippen LogP contribution in [0.2, 0.25) is 0 Å². The van der Waals surface area contributed by atoms with E-state index in [1.54, 1.807) is 18.4 Å². The lowest BCUT2D eigenvalue weighted by Gasteiger charge is -2.20. The number of methoxy groups -OCH3 is 1. The Morgan fingerprint density at radius 3 is 2.74 bits per heavy atom. The summed E-state index contributed by atoms with van der Waals surface area (Å²) < 4.78 is 6.64. The molecule has 1 atom stereocenters. The first-order valence-electron chi connectivity index (χ1n) is 6.27. The van der Waals surface area contributed by atoms with E-state index >= 15 is 0 Å². The van der Waals surface area contributed by atoms with Gasteiger partial charge in [-0.05, 0) is 41.5 Å². The number of hydrogen-bond acceptors (Lipinski definition) is 3. The molecule has 0 aliphatic heterocycles. The van der Waals surface area contributed by atoms with Crippen molar-refractivity contribution in [2.45, 2.75) is 19.9 Å². The summed E-state index contributed by atoms with van der Waals surface area (Å²) in [7, 11) is 1.72. The van der Waals surface area contributed by atoms with E-state index in [2.05, 4.69) is 58.7 Å². The Kier molecular flexibility index (Phi) is 5.02. The first-order valence-corrected chi connectivity index (χ1v) is 7.94. The second-order valence-corrected chi connectivity index (χ2v) is 6.26. The Hall–Kier alpha value is -0.840. The molecular formula is C15H18BrNOS. The molecule has 1 aromatic carbocycles. The standard InChI is InChI=1S/C15H18BrNOS/c1-4-17-15(14-8-11(16)9-19-14)12-7-10(2)5-6-13(12)18-3/h5-9,15,17H,4H2,1-3H3. The molecule has 4 heteroatoms. The average Bonchev–Trinajstić information content (AvgIpc) is 2.82. The highest BCUT2D eigenvalue weighted by molar-refractivity contribution is 9.10. The van der Waals surface area contributed by atoms with Gasteiger partial charge in [0.25, 0.3) is 0 Å². The van der Waals surface area contributed by atoms with Crippen LogP contribution >= 0.6 is 27.3 Å². The lowest BCUT2D eigenvalue weighted by molar-refractivity contribution is 0.404. The summed E-state index contributed by atoms with van der Waals surface area (Å²) >= 11 is 5.28. The first-order chi connectivity index (χ1) is 9.15. The maximum atomic E-state index is 5.51. The monoisotopic (exact) mass is 339 g/mol. The van der Waals surface area contributed by atoms with Crippen molar-refractivity contribution < 1.29 is 4.74 Å². The smallest absolute Gasteiger partial charge is 0.124 e. The van der Waals surface area contributed by atoms with Gasteiger partial charge in [0.2, 0.25) is 0 Å². The summed E-state index contributed by atoms with van der Waals surface area (Å²) in [5, 5.41) is 5.65. The van der Waals surface area contributed by atoms with E-state index in [-0.39, 0.29) is 6.04 Å². The molecule has 2 rings (SSSR count). The molecule has 0 aliphatic carbocycles. The van der Waals surface area contributed by atoms with Crippen molar-refractivity contribution >= 4 is 27.3 Å². The summed E-state index contributed by atoms with van der Waals surface area (Å²) in [6, 6.07) is 8.66. The molecule has 0 aliphatic rings. The van der Waals surface area contributed by atoms with Gasteiger partial charge in [0, 0.05) is 20.3 Å². The van der Waals surface area contributed by atoms with Crippen LogP contribution in [0.1, 0.15) is 29.0 Å². The molecule has 102 valence electrons. The van der Waals surface area contributed by atoms with Crippen molar-refractivity contribution in [2.75, 3.05) is 13.7 Å². The van der Waals surface area contributed by atoms with E-state index < -0.39 is 0 Å². The van der Waals surface area contributed by atoms with Crippen LogP contribution < -0.4 is 10.1 Å². The molecule has 1 unspecified atom stereocenters. The summed E-state index contributed by atoms with van der Waals surface area (Å²) in [6.45, 7) is 5.14. The van der Waals surface area contributed by atoms with Crippen LogP contribution in [0.4, 0.5) is 0 Å². The molecule has 1 N–H and O–H groups in total. The number of halogens is 1. The fourth-order valence-electron chi connectivity index (χ4n) is 2.13. The molecule has 0 amide bonds. The van der Waals surface area contributed by atoms with Crippen molar-refractivity contribution in [3.05, 3.63) is 50.1 Å². The molecule has 2 aromatic rings. The number of hydrogen-bond donors (Lipinski definition) is 1. The summed E-state index contributed by atoms with van der Waals surface area (Å²) in [5.74, 6) is 0.932. The highest BCUT2D eigenvalue weighted by atomic mass is 79.9. The van der Waals surface area contributed by atoms with E-state index in [4.69, 9.17) is 4.74 Å². The minimum Gasteiger partial charge on any atom is -0.496 e. The van der Waals surface area contributed by atoms with Crippen LogP contribution in [0.25, 0.3) is 0 Å². The van der Waals surface area contributed by atoms with E-state index in [1.165, 1.54) is 16.0 Å². The molecule has 0 radical (unpaired) electrons. The Morgan fingerprint density at radius 2 is 2.16 bits per heavy atom. The molecule has 0 saturated carbocycles. The largest absolute Gasteiger partial charge is 0.496 e. The van der Waals surface area contributed by atoms with Crippen molar-refractivity contribution in [3.63, 3.8) is 0 Å². The van der Waals surface area contributed by atoms with Gasteiger partial charge in [0.05, 0.1) is 13.2 Å². The summed E-state index contributed by atoms with van der Waals surface area (Å²) in [5.41, 5.74) is 2.44. The van der Waals surface area contributed by atoms with Crippen molar-refractivity contribution in [1.29, 1.82) is 0 Å². The maximum absolute atomic E-state index is 5.51. The van der Waals surface area contributed by atoms with Crippen molar-refractivity contribution in [3.8, 4) is 5.75 Å². The third-order valence-corrected chi connectivity index (χ3v) is 4.74. The molecular weight excluding hydrogens is 322 g/mol. The zero-order valence-electron chi connectivity index (χ0n) is 11.4. The molecule has 1 aromatic heterocycles. The molecule has 0 saturated heterocycles. The number of ether oxygens (including phenoxy) is 1. The Bertz CT molecular complexity index is 553. The van der Waals surface area contributed by atoms with Crippen LogP contribution in [-0.4, -0.2) is 13.7 Å². The van der Waals surface area contributed by atoms with Crippen molar-refractivity contribution in [2.24, 2.45) is 0 Å². The lowest BCUT2D eigenvalue weighted by Crippen LogP contribution is -2.21. The Labute approximate surface area is 126 Å². The molecule has 0 fully saturated rings. The van der Waals surface area contributed by atoms with Crippen LogP contribution in [0.15, 0.2) is 34.1 Å². The van der Waals surface area contributed by atoms with Gasteiger partial charge in [-0.15, -0.1) is 11.3 Å². The third-order valence-electron chi connectivity index (χ3n) is 2.98. The molecule has 0 bridgehead atoms. The van der Waals surface area contributed by atoms with Crippen LogP contribution in [0, 0.1) is 6.92 Å². The first kappa shape index (κ1) is 14.6. The van der Waals surface area contributed by atoms with Gasteiger partial charge in [-0.2, -0.15) is 0 Å². The molecule has 2 nitrogen and oxygen atoms in total. The zero-order chi connectivity index (χ0) is 13.8. The van der Waals surface area contributed by atoms with E-state index in [9.17, 15) is 0 Å². The van der Waals surface area contributed by atoms with Gasteiger partial charge < -0.3 is 10.1 Å². The predicted octanol–water partition coefficient (Wildman–Crippen LogP) is 4.53. The van der Waals surface area contributed by atoms with Gasteiger partial charge in [-0.25, -0.2) is 0 Å². The minimum absolute atomic E-state index is 0.177. The van der Waals surface area contributed by atoms with E-state index in [1.807, 2.05) is 6.07 Å². The van der Waals surface area contributed by atoms with Gasteiger partial charge in [-0.3, -0.25) is 0 Å². The molecule has 19 heavy (non-hydrogen) atoms. The zero-order valence-corrected chi connectivity index (χ0v) is 13.8. The van der Waals surface area contributed by atoms with Gasteiger partial charge in [0.15, 0.2) is 0 Å². The number of aryl methyl sites for hydroxylation is 1. The maximum Gasteiger partial charge on any atom is 0.124 e. The van der Waals surface area contributed by atoms with Crippen LogP contribution in [0.3, 0.4) is 0 Å². The minimum atomic E-state index is 0.177. The highest BCUT2D eigenvalue weighted by Gasteiger charge is 2.19. The highest BCUT2D eigenvalue weighted by Crippen LogP contribution is 2.35. The topological polar surface area (TPSA) is 21.3 Å².